The molecule has 0 radical (unpaired) electrons. The van der Waals surface area contributed by atoms with Gasteiger partial charge in [-0.2, -0.15) is 0 Å². The van der Waals surface area contributed by atoms with Gasteiger partial charge in [0.15, 0.2) is 6.54 Å². The third-order valence-electron chi connectivity index (χ3n) is 3.66. The molecule has 2 aromatic rings. The second-order valence-electron chi connectivity index (χ2n) is 5.86. The summed E-state index contributed by atoms with van der Waals surface area (Å²) in [5.41, 5.74) is 2.80. The molecule has 1 unspecified atom stereocenters. The Morgan fingerprint density at radius 2 is 1.88 bits per heavy atom. The van der Waals surface area contributed by atoms with E-state index in [2.05, 4.69) is 5.32 Å². The Labute approximate surface area is 142 Å². The average Bonchev–Trinajstić information content (AvgIpc) is 2.49. The molecule has 0 aliphatic carbocycles. The number of hydrogen-bond acceptors (Lipinski definition) is 3. The zero-order valence-electron chi connectivity index (χ0n) is 13.7. The predicted octanol–water partition coefficient (Wildman–Crippen LogP) is 0.296. The van der Waals surface area contributed by atoms with Crippen LogP contribution in [0.5, 0.6) is 0 Å². The van der Waals surface area contributed by atoms with Crippen LogP contribution in [0.15, 0.2) is 53.4 Å². The SMILES string of the molecule is Cc1ccccc1C[NH+](C)CC(=O)Nc1cccc(S(N)(=O)=O)c1. The van der Waals surface area contributed by atoms with Gasteiger partial charge in [0.2, 0.25) is 10.0 Å². The lowest BCUT2D eigenvalue weighted by Crippen LogP contribution is -3.08. The lowest BCUT2D eigenvalue weighted by atomic mass is 10.1. The minimum Gasteiger partial charge on any atom is -0.326 e. The molecule has 1 amide bonds. The van der Waals surface area contributed by atoms with E-state index < -0.39 is 10.0 Å². The van der Waals surface area contributed by atoms with E-state index >= 15 is 0 Å². The Kier molecular flexibility index (Phi) is 5.71. The summed E-state index contributed by atoms with van der Waals surface area (Å²) in [4.78, 5) is 13.2. The highest BCUT2D eigenvalue weighted by atomic mass is 32.2. The van der Waals surface area contributed by atoms with E-state index in [9.17, 15) is 13.2 Å². The van der Waals surface area contributed by atoms with Crippen LogP contribution in [0.1, 0.15) is 11.1 Å². The lowest BCUT2D eigenvalue weighted by Gasteiger charge is -2.15. The number of aryl methyl sites for hydroxylation is 1. The van der Waals surface area contributed by atoms with Gasteiger partial charge in [0, 0.05) is 11.3 Å². The normalized spacial score (nSPS) is 12.6. The van der Waals surface area contributed by atoms with Gasteiger partial charge in [-0.3, -0.25) is 4.79 Å². The summed E-state index contributed by atoms with van der Waals surface area (Å²) < 4.78 is 22.7. The van der Waals surface area contributed by atoms with Crippen LogP contribution in [0.3, 0.4) is 0 Å². The van der Waals surface area contributed by atoms with Gasteiger partial charge in [-0.25, -0.2) is 13.6 Å². The number of rotatable bonds is 6. The highest BCUT2D eigenvalue weighted by Gasteiger charge is 2.13. The Morgan fingerprint density at radius 1 is 1.17 bits per heavy atom. The summed E-state index contributed by atoms with van der Waals surface area (Å²) >= 11 is 0. The minimum absolute atomic E-state index is 0.0269. The van der Waals surface area contributed by atoms with Crippen molar-refractivity contribution in [1.82, 2.24) is 0 Å². The maximum atomic E-state index is 12.1. The van der Waals surface area contributed by atoms with Crippen molar-refractivity contribution < 1.29 is 18.1 Å². The molecule has 0 saturated heterocycles. The minimum atomic E-state index is -3.79. The molecule has 0 bridgehead atoms. The number of sulfonamides is 1. The molecule has 0 fully saturated rings. The zero-order valence-corrected chi connectivity index (χ0v) is 14.6. The maximum Gasteiger partial charge on any atom is 0.279 e. The Hall–Kier alpha value is -2.22. The number of carbonyl (C=O) groups excluding carboxylic acids is 1. The second kappa shape index (κ2) is 7.57. The second-order valence-corrected chi connectivity index (χ2v) is 7.42. The average molecular weight is 348 g/mol. The molecule has 6 nitrogen and oxygen atoms in total. The van der Waals surface area contributed by atoms with E-state index in [1.165, 1.54) is 23.3 Å². The number of nitrogens with one attached hydrogen (secondary N) is 2. The van der Waals surface area contributed by atoms with Crippen LogP contribution in [-0.4, -0.2) is 27.9 Å². The topological polar surface area (TPSA) is 93.7 Å². The van der Waals surface area contributed by atoms with E-state index in [1.807, 2.05) is 38.2 Å². The van der Waals surface area contributed by atoms with Gasteiger partial charge in [0.25, 0.3) is 5.91 Å². The molecular weight excluding hydrogens is 326 g/mol. The number of likely N-dealkylation sites (N-methyl/N-ethyl adjacent to an activating group) is 1. The Bertz CT molecular complexity index is 834. The number of anilines is 1. The van der Waals surface area contributed by atoms with E-state index in [1.54, 1.807) is 12.1 Å². The molecular formula is C17H22N3O3S+. The first-order chi connectivity index (χ1) is 11.3. The van der Waals surface area contributed by atoms with E-state index in [4.69, 9.17) is 5.14 Å². The van der Waals surface area contributed by atoms with Crippen LogP contribution < -0.4 is 15.4 Å². The standard InChI is InChI=1S/C17H21N3O3S/c1-13-6-3-4-7-14(13)11-20(2)12-17(21)19-15-8-5-9-16(10-15)24(18,22)23/h3-10H,11-12H2,1-2H3,(H,19,21)(H2,18,22,23)/p+1. The van der Waals surface area contributed by atoms with Crippen molar-refractivity contribution in [2.45, 2.75) is 18.4 Å². The van der Waals surface area contributed by atoms with Gasteiger partial charge in [0.1, 0.15) is 6.54 Å². The molecule has 0 saturated carbocycles. The molecule has 0 aromatic heterocycles. The summed E-state index contributed by atoms with van der Waals surface area (Å²) in [6, 6.07) is 14.0. The molecule has 0 aliphatic rings. The Balaban J connectivity index is 1.97. The molecule has 2 rings (SSSR count). The van der Waals surface area contributed by atoms with Crippen LogP contribution in [0.25, 0.3) is 0 Å². The summed E-state index contributed by atoms with van der Waals surface area (Å²) in [6.45, 7) is 3.05. The smallest absolute Gasteiger partial charge is 0.279 e. The molecule has 2 aromatic carbocycles. The number of amides is 1. The van der Waals surface area contributed by atoms with E-state index in [0.717, 1.165) is 11.4 Å². The van der Waals surface area contributed by atoms with Crippen LogP contribution in [0.4, 0.5) is 5.69 Å². The van der Waals surface area contributed by atoms with Gasteiger partial charge < -0.3 is 10.2 Å². The van der Waals surface area contributed by atoms with Gasteiger partial charge in [-0.1, -0.05) is 30.3 Å². The van der Waals surface area contributed by atoms with E-state index in [0.29, 0.717) is 5.69 Å². The van der Waals surface area contributed by atoms with Crippen molar-refractivity contribution in [2.24, 2.45) is 5.14 Å². The summed E-state index contributed by atoms with van der Waals surface area (Å²) in [7, 11) is -1.85. The van der Waals surface area contributed by atoms with Gasteiger partial charge in [0.05, 0.1) is 11.9 Å². The first-order valence-electron chi connectivity index (χ1n) is 7.54. The fourth-order valence-electron chi connectivity index (χ4n) is 2.43. The Morgan fingerprint density at radius 3 is 2.54 bits per heavy atom. The molecule has 0 spiro atoms. The highest BCUT2D eigenvalue weighted by molar-refractivity contribution is 7.89. The fourth-order valence-corrected chi connectivity index (χ4v) is 2.99. The van der Waals surface area contributed by atoms with E-state index in [-0.39, 0.29) is 17.3 Å². The van der Waals surface area contributed by atoms with Crippen molar-refractivity contribution in [2.75, 3.05) is 18.9 Å². The zero-order chi connectivity index (χ0) is 17.7. The van der Waals surface area contributed by atoms with Crippen molar-refractivity contribution in [3.8, 4) is 0 Å². The third kappa shape index (κ3) is 5.16. The van der Waals surface area contributed by atoms with Crippen LogP contribution in [-0.2, 0) is 21.4 Å². The van der Waals surface area contributed by atoms with Crippen LogP contribution in [0.2, 0.25) is 0 Å². The molecule has 24 heavy (non-hydrogen) atoms. The van der Waals surface area contributed by atoms with Crippen molar-refractivity contribution >= 4 is 21.6 Å². The molecule has 1 atom stereocenters. The van der Waals surface area contributed by atoms with Gasteiger partial charge >= 0.3 is 0 Å². The van der Waals surface area contributed by atoms with Crippen molar-refractivity contribution in [3.63, 3.8) is 0 Å². The van der Waals surface area contributed by atoms with Crippen LogP contribution >= 0.6 is 0 Å². The monoisotopic (exact) mass is 348 g/mol. The number of carbonyl (C=O) groups is 1. The molecule has 4 N–H and O–H groups in total. The quantitative estimate of drug-likeness (QED) is 0.701. The van der Waals surface area contributed by atoms with Gasteiger partial charge in [-0.05, 0) is 30.7 Å². The third-order valence-corrected chi connectivity index (χ3v) is 4.57. The molecule has 7 heteroatoms. The maximum absolute atomic E-state index is 12.1. The predicted molar refractivity (Wildman–Crippen MR) is 93.1 cm³/mol. The van der Waals surface area contributed by atoms with Crippen molar-refractivity contribution in [3.05, 3.63) is 59.7 Å². The largest absolute Gasteiger partial charge is 0.326 e. The number of quaternary nitrogens is 1. The fraction of sp³-hybridized carbons (Fsp3) is 0.235. The number of benzene rings is 2. The number of nitrogens with two attached hydrogens (primary N) is 1. The summed E-state index contributed by atoms with van der Waals surface area (Å²) in [5, 5.41) is 7.80. The lowest BCUT2D eigenvalue weighted by molar-refractivity contribution is -0.885. The van der Waals surface area contributed by atoms with Crippen molar-refractivity contribution in [1.29, 1.82) is 0 Å². The molecule has 0 heterocycles. The first-order valence-corrected chi connectivity index (χ1v) is 9.09. The first kappa shape index (κ1) is 18.1. The number of primary sulfonamides is 1. The molecule has 128 valence electrons. The summed E-state index contributed by atoms with van der Waals surface area (Å²) in [5.74, 6) is -0.187. The molecule has 0 aliphatic heterocycles. The summed E-state index contributed by atoms with van der Waals surface area (Å²) in [6.07, 6.45) is 0. The number of hydrogen-bond donors (Lipinski definition) is 3. The van der Waals surface area contributed by atoms with Gasteiger partial charge in [-0.15, -0.1) is 0 Å². The van der Waals surface area contributed by atoms with Crippen LogP contribution in [0, 0.1) is 6.92 Å². The highest BCUT2D eigenvalue weighted by Crippen LogP contribution is 2.13.